The highest BCUT2D eigenvalue weighted by Crippen LogP contribution is 2.21. The van der Waals surface area contributed by atoms with Gasteiger partial charge in [0.2, 0.25) is 0 Å². The van der Waals surface area contributed by atoms with Gasteiger partial charge in [0, 0.05) is 18.3 Å². The Balaban J connectivity index is 2.68. The highest BCUT2D eigenvalue weighted by atomic mass is 16.4. The zero-order valence-corrected chi connectivity index (χ0v) is 9.87. The van der Waals surface area contributed by atoms with Gasteiger partial charge in [-0.1, -0.05) is 12.1 Å². The number of nitrogens with one attached hydrogen (secondary N) is 1. The predicted octanol–water partition coefficient (Wildman–Crippen LogP) is 2.66. The number of aryl methyl sites for hydroxylation is 1. The third-order valence-electron chi connectivity index (χ3n) is 2.73. The Morgan fingerprint density at radius 2 is 2.00 bits per heavy atom. The molecule has 2 N–H and O–H groups in total. The smallest absolute Gasteiger partial charge is 0.328 e. The van der Waals surface area contributed by atoms with E-state index in [-0.39, 0.29) is 0 Å². The van der Waals surface area contributed by atoms with Crippen molar-refractivity contribution in [3.05, 3.63) is 41.0 Å². The summed E-state index contributed by atoms with van der Waals surface area (Å²) in [5, 5.41) is 11.6. The number of carboxylic acid groups (broad SMARTS) is 1. The minimum atomic E-state index is -0.918. The predicted molar refractivity (Wildman–Crippen MR) is 65.9 cm³/mol. The van der Waals surface area contributed by atoms with Gasteiger partial charge in [0.1, 0.15) is 0 Å². The molecule has 0 unspecified atom stereocenters. The first-order valence-corrected chi connectivity index (χ1v) is 5.22. The van der Waals surface area contributed by atoms with Gasteiger partial charge >= 0.3 is 5.97 Å². The van der Waals surface area contributed by atoms with Gasteiger partial charge < -0.3 is 10.4 Å². The van der Waals surface area contributed by atoms with Gasteiger partial charge in [-0.05, 0) is 43.5 Å². The van der Waals surface area contributed by atoms with Crippen molar-refractivity contribution in [1.82, 2.24) is 0 Å². The largest absolute Gasteiger partial charge is 0.478 e. The standard InChI is InChI=1S/C13H17NO2/c1-9-6-7-12(11(3)10(9)2)14-8-4-5-13(15)16/h4-7,14H,8H2,1-3H3,(H,15,16)/b5-4+. The summed E-state index contributed by atoms with van der Waals surface area (Å²) in [4.78, 5) is 10.3. The molecule has 0 aliphatic carbocycles. The van der Waals surface area contributed by atoms with Crippen molar-refractivity contribution in [2.45, 2.75) is 20.8 Å². The molecule has 0 saturated carbocycles. The van der Waals surface area contributed by atoms with Crippen molar-refractivity contribution in [2.75, 3.05) is 11.9 Å². The van der Waals surface area contributed by atoms with Crippen LogP contribution in [0.3, 0.4) is 0 Å². The molecule has 0 radical (unpaired) electrons. The summed E-state index contributed by atoms with van der Waals surface area (Å²) in [6, 6.07) is 4.08. The highest BCUT2D eigenvalue weighted by molar-refractivity contribution is 5.79. The molecule has 0 heterocycles. The number of anilines is 1. The first-order valence-electron chi connectivity index (χ1n) is 5.22. The molecule has 3 heteroatoms. The van der Waals surface area contributed by atoms with Crippen LogP contribution in [0.5, 0.6) is 0 Å². The lowest BCUT2D eigenvalue weighted by Gasteiger charge is -2.11. The van der Waals surface area contributed by atoms with Crippen LogP contribution in [0.4, 0.5) is 5.69 Å². The number of rotatable bonds is 4. The lowest BCUT2D eigenvalue weighted by molar-refractivity contribution is -0.131. The van der Waals surface area contributed by atoms with Crippen molar-refractivity contribution in [2.24, 2.45) is 0 Å². The van der Waals surface area contributed by atoms with E-state index in [0.29, 0.717) is 6.54 Å². The molecular formula is C13H17NO2. The van der Waals surface area contributed by atoms with E-state index in [1.54, 1.807) is 6.08 Å². The molecule has 0 atom stereocenters. The Bertz CT molecular complexity index is 422. The van der Waals surface area contributed by atoms with Crippen LogP contribution in [-0.4, -0.2) is 17.6 Å². The molecule has 1 aromatic carbocycles. The van der Waals surface area contributed by atoms with Gasteiger partial charge in [-0.2, -0.15) is 0 Å². The van der Waals surface area contributed by atoms with Crippen molar-refractivity contribution in [3.8, 4) is 0 Å². The summed E-state index contributed by atoms with van der Waals surface area (Å²) < 4.78 is 0. The highest BCUT2D eigenvalue weighted by Gasteiger charge is 2.01. The summed E-state index contributed by atoms with van der Waals surface area (Å²) in [6.45, 7) is 6.75. The molecule has 0 fully saturated rings. The molecule has 16 heavy (non-hydrogen) atoms. The van der Waals surface area contributed by atoms with Crippen LogP contribution in [0.15, 0.2) is 24.3 Å². The van der Waals surface area contributed by atoms with Gasteiger partial charge in [-0.25, -0.2) is 4.79 Å². The van der Waals surface area contributed by atoms with Crippen molar-refractivity contribution >= 4 is 11.7 Å². The maximum absolute atomic E-state index is 10.3. The second kappa shape index (κ2) is 5.35. The average molecular weight is 219 g/mol. The van der Waals surface area contributed by atoms with E-state index in [1.807, 2.05) is 6.07 Å². The van der Waals surface area contributed by atoms with Crippen molar-refractivity contribution < 1.29 is 9.90 Å². The van der Waals surface area contributed by atoms with E-state index >= 15 is 0 Å². The Hall–Kier alpha value is -1.77. The van der Waals surface area contributed by atoms with Crippen LogP contribution >= 0.6 is 0 Å². The lowest BCUT2D eigenvalue weighted by atomic mass is 10.0. The lowest BCUT2D eigenvalue weighted by Crippen LogP contribution is -2.02. The molecule has 0 spiro atoms. The van der Waals surface area contributed by atoms with Crippen LogP contribution in [0.1, 0.15) is 16.7 Å². The molecule has 0 amide bonds. The van der Waals surface area contributed by atoms with E-state index in [0.717, 1.165) is 11.8 Å². The SMILES string of the molecule is Cc1ccc(NC/C=C/C(=O)O)c(C)c1C. The summed E-state index contributed by atoms with van der Waals surface area (Å²) in [5.74, 6) is -0.918. The molecule has 0 aliphatic rings. The number of benzene rings is 1. The Morgan fingerprint density at radius 1 is 1.31 bits per heavy atom. The minimum absolute atomic E-state index is 0.523. The van der Waals surface area contributed by atoms with Crippen LogP contribution < -0.4 is 5.32 Å². The second-order valence-corrected chi connectivity index (χ2v) is 3.80. The first-order chi connectivity index (χ1) is 7.52. The van der Waals surface area contributed by atoms with E-state index in [9.17, 15) is 4.79 Å². The molecule has 0 aromatic heterocycles. The summed E-state index contributed by atoms with van der Waals surface area (Å²) in [5.41, 5.74) is 4.80. The maximum Gasteiger partial charge on any atom is 0.328 e. The van der Waals surface area contributed by atoms with Gasteiger partial charge in [-0.3, -0.25) is 0 Å². The number of hydrogen-bond donors (Lipinski definition) is 2. The fourth-order valence-electron chi connectivity index (χ4n) is 1.48. The molecule has 86 valence electrons. The number of carbonyl (C=O) groups is 1. The summed E-state index contributed by atoms with van der Waals surface area (Å²) in [6.07, 6.45) is 2.74. The van der Waals surface area contributed by atoms with Crippen LogP contribution in [0.2, 0.25) is 0 Å². The van der Waals surface area contributed by atoms with E-state index in [4.69, 9.17) is 5.11 Å². The van der Waals surface area contributed by atoms with Gasteiger partial charge in [0.05, 0.1) is 0 Å². The van der Waals surface area contributed by atoms with E-state index in [2.05, 4.69) is 32.2 Å². The van der Waals surface area contributed by atoms with Crippen LogP contribution in [0.25, 0.3) is 0 Å². The summed E-state index contributed by atoms with van der Waals surface area (Å²) in [7, 11) is 0. The molecule has 1 rings (SSSR count). The van der Waals surface area contributed by atoms with E-state index in [1.165, 1.54) is 16.7 Å². The molecule has 1 aromatic rings. The Labute approximate surface area is 95.8 Å². The third-order valence-corrected chi connectivity index (χ3v) is 2.73. The third kappa shape index (κ3) is 3.12. The fraction of sp³-hybridized carbons (Fsp3) is 0.308. The quantitative estimate of drug-likeness (QED) is 0.765. The summed E-state index contributed by atoms with van der Waals surface area (Å²) >= 11 is 0. The second-order valence-electron chi connectivity index (χ2n) is 3.80. The van der Waals surface area contributed by atoms with Crippen molar-refractivity contribution in [3.63, 3.8) is 0 Å². The zero-order chi connectivity index (χ0) is 12.1. The Morgan fingerprint density at radius 3 is 2.62 bits per heavy atom. The average Bonchev–Trinajstić information content (AvgIpc) is 2.23. The normalized spacial score (nSPS) is 10.7. The van der Waals surface area contributed by atoms with Crippen LogP contribution in [0, 0.1) is 20.8 Å². The molecule has 3 nitrogen and oxygen atoms in total. The number of aliphatic carboxylic acids is 1. The topological polar surface area (TPSA) is 49.3 Å². The molecule has 0 saturated heterocycles. The molecule has 0 aliphatic heterocycles. The first kappa shape index (κ1) is 12.3. The van der Waals surface area contributed by atoms with Crippen LogP contribution in [-0.2, 0) is 4.79 Å². The Kier molecular flexibility index (Phi) is 4.11. The molecule has 0 bridgehead atoms. The van der Waals surface area contributed by atoms with E-state index < -0.39 is 5.97 Å². The zero-order valence-electron chi connectivity index (χ0n) is 9.87. The minimum Gasteiger partial charge on any atom is -0.478 e. The van der Waals surface area contributed by atoms with Crippen molar-refractivity contribution in [1.29, 1.82) is 0 Å². The molecular weight excluding hydrogens is 202 g/mol. The fourth-order valence-corrected chi connectivity index (χ4v) is 1.48. The maximum atomic E-state index is 10.3. The van der Waals surface area contributed by atoms with Gasteiger partial charge in [0.25, 0.3) is 0 Å². The number of carboxylic acids is 1. The van der Waals surface area contributed by atoms with Gasteiger partial charge in [-0.15, -0.1) is 0 Å². The monoisotopic (exact) mass is 219 g/mol. The number of hydrogen-bond acceptors (Lipinski definition) is 2. The van der Waals surface area contributed by atoms with Gasteiger partial charge in [0.15, 0.2) is 0 Å².